The third-order valence-corrected chi connectivity index (χ3v) is 1.32. The van der Waals surface area contributed by atoms with Gasteiger partial charge in [0.2, 0.25) is 0 Å². The van der Waals surface area contributed by atoms with Gasteiger partial charge in [-0.3, -0.25) is 4.98 Å². The average Bonchev–Trinajstić information content (AvgIpc) is 2.27. The predicted octanol–water partition coefficient (Wildman–Crippen LogP) is 0.497. The number of fused-ring (bicyclic) bond motifs is 1. The summed E-state index contributed by atoms with van der Waals surface area (Å²) in [5.41, 5.74) is 1.34. The second-order valence-corrected chi connectivity index (χ2v) is 2.00. The monoisotopic (exact) mass is 137 g/mol. The van der Waals surface area contributed by atoms with Crippen LogP contribution in [0.15, 0.2) is 23.3 Å². The van der Waals surface area contributed by atoms with E-state index < -0.39 is 0 Å². The Labute approximate surface area is 57.4 Å². The maximum Gasteiger partial charge on any atom is 0.323 e. The van der Waals surface area contributed by atoms with Crippen LogP contribution in [0.5, 0.6) is 0 Å². The molecule has 0 saturated carbocycles. The van der Waals surface area contributed by atoms with E-state index in [9.17, 15) is 4.79 Å². The fraction of sp³-hybridized carbons (Fsp3) is 0. The lowest BCUT2D eigenvalue weighted by molar-refractivity contribution is 1.21. The molecule has 0 aliphatic heterocycles. The highest BCUT2D eigenvalue weighted by atomic mass is 16.1. The molecule has 2 aromatic rings. The largest absolute Gasteiger partial charge is 0.323 e. The molecule has 52 valence electrons. The molecule has 2 heterocycles. The molecule has 0 spiro atoms. The third-order valence-electron chi connectivity index (χ3n) is 1.32. The van der Waals surface area contributed by atoms with Crippen LogP contribution in [-0.4, -0.2) is 15.0 Å². The summed E-state index contributed by atoms with van der Waals surface area (Å²) in [7, 11) is 0. The first kappa shape index (κ1) is 5.22. The van der Waals surface area contributed by atoms with E-state index in [-0.39, 0.29) is 7.12 Å². The van der Waals surface area contributed by atoms with Crippen molar-refractivity contribution in [1.29, 1.82) is 0 Å². The molecular weight excluding hydrogens is 130 g/mol. The Hall–Kier alpha value is -1.58. The SMILES string of the molecule is O=c1[nH]c2ccncc2[nH]1.[HH]. The number of hydrogen-bond donors (Lipinski definition) is 2. The second-order valence-electron chi connectivity index (χ2n) is 2.00. The summed E-state index contributed by atoms with van der Waals surface area (Å²) in [6.07, 6.45) is 3.24. The van der Waals surface area contributed by atoms with Gasteiger partial charge in [0.15, 0.2) is 0 Å². The number of hydrogen-bond acceptors (Lipinski definition) is 2. The molecule has 2 aromatic heterocycles. The van der Waals surface area contributed by atoms with Gasteiger partial charge in [0.25, 0.3) is 0 Å². The Morgan fingerprint density at radius 1 is 1.40 bits per heavy atom. The van der Waals surface area contributed by atoms with Crippen molar-refractivity contribution in [1.82, 2.24) is 15.0 Å². The summed E-state index contributed by atoms with van der Waals surface area (Å²) in [5, 5.41) is 0. The van der Waals surface area contributed by atoms with Crippen LogP contribution < -0.4 is 5.69 Å². The first-order valence-electron chi connectivity index (χ1n) is 2.88. The third kappa shape index (κ3) is 0.621. The summed E-state index contributed by atoms with van der Waals surface area (Å²) in [6.45, 7) is 0. The number of aromatic nitrogens is 3. The number of pyridine rings is 1. The molecule has 0 radical (unpaired) electrons. The molecule has 0 aromatic carbocycles. The van der Waals surface area contributed by atoms with E-state index in [1.54, 1.807) is 18.5 Å². The van der Waals surface area contributed by atoms with Gasteiger partial charge in [-0.25, -0.2) is 4.79 Å². The number of rotatable bonds is 0. The Balaban J connectivity index is 0.000000605. The molecule has 0 fully saturated rings. The van der Waals surface area contributed by atoms with Gasteiger partial charge in [-0.15, -0.1) is 0 Å². The highest BCUT2D eigenvalue weighted by molar-refractivity contribution is 5.72. The van der Waals surface area contributed by atoms with Crippen molar-refractivity contribution in [3.63, 3.8) is 0 Å². The summed E-state index contributed by atoms with van der Waals surface area (Å²) < 4.78 is 0. The van der Waals surface area contributed by atoms with Crippen molar-refractivity contribution in [2.75, 3.05) is 0 Å². The smallest absolute Gasteiger partial charge is 0.306 e. The maximum atomic E-state index is 10.6. The molecular formula is C6H7N3O. The summed E-state index contributed by atoms with van der Waals surface area (Å²) in [5.74, 6) is 0. The molecule has 0 aliphatic carbocycles. The molecule has 0 aliphatic rings. The van der Waals surface area contributed by atoms with Gasteiger partial charge in [0.05, 0.1) is 17.2 Å². The van der Waals surface area contributed by atoms with E-state index in [1.165, 1.54) is 0 Å². The Morgan fingerprint density at radius 3 is 3.00 bits per heavy atom. The van der Waals surface area contributed by atoms with Crippen LogP contribution in [0, 0.1) is 0 Å². The van der Waals surface area contributed by atoms with Crippen LogP contribution in [0.25, 0.3) is 11.0 Å². The molecule has 0 bridgehead atoms. The predicted molar refractivity (Wildman–Crippen MR) is 38.8 cm³/mol. The van der Waals surface area contributed by atoms with Crippen LogP contribution in [0.3, 0.4) is 0 Å². The molecule has 10 heavy (non-hydrogen) atoms. The second kappa shape index (κ2) is 1.70. The molecule has 2 N–H and O–H groups in total. The van der Waals surface area contributed by atoms with Crippen LogP contribution >= 0.6 is 0 Å². The molecule has 0 atom stereocenters. The number of aromatic amines is 2. The Kier molecular flexibility index (Phi) is 0.887. The van der Waals surface area contributed by atoms with Crippen LogP contribution in [-0.2, 0) is 0 Å². The van der Waals surface area contributed by atoms with E-state index in [1.807, 2.05) is 0 Å². The van der Waals surface area contributed by atoms with Crippen molar-refractivity contribution in [3.05, 3.63) is 28.9 Å². The Morgan fingerprint density at radius 2 is 2.20 bits per heavy atom. The minimum absolute atomic E-state index is 0. The van der Waals surface area contributed by atoms with Gasteiger partial charge >= 0.3 is 5.69 Å². The zero-order valence-corrected chi connectivity index (χ0v) is 5.09. The highest BCUT2D eigenvalue weighted by Gasteiger charge is 1.93. The summed E-state index contributed by atoms with van der Waals surface area (Å²) >= 11 is 0. The topological polar surface area (TPSA) is 61.5 Å². The van der Waals surface area contributed by atoms with E-state index in [4.69, 9.17) is 0 Å². The Bertz CT molecular complexity index is 369. The first-order chi connectivity index (χ1) is 4.86. The van der Waals surface area contributed by atoms with Gasteiger partial charge in [-0.05, 0) is 6.07 Å². The van der Waals surface area contributed by atoms with E-state index >= 15 is 0 Å². The molecule has 4 nitrogen and oxygen atoms in total. The van der Waals surface area contributed by atoms with Gasteiger partial charge in [0, 0.05) is 7.62 Å². The standard InChI is InChI=1S/C6H5N3O.H2/c10-6-8-4-1-2-7-3-5(4)9-6;/h1-3H,(H2,8,9,10);1H. The minimum atomic E-state index is -0.192. The average molecular weight is 137 g/mol. The van der Waals surface area contributed by atoms with Crippen molar-refractivity contribution in [2.45, 2.75) is 0 Å². The fourth-order valence-corrected chi connectivity index (χ4v) is 0.879. The van der Waals surface area contributed by atoms with Gasteiger partial charge in [-0.1, -0.05) is 0 Å². The zero-order valence-electron chi connectivity index (χ0n) is 5.09. The summed E-state index contributed by atoms with van der Waals surface area (Å²) in [6, 6.07) is 1.74. The van der Waals surface area contributed by atoms with Crippen LogP contribution in [0.2, 0.25) is 0 Å². The number of nitrogens with one attached hydrogen (secondary N) is 2. The van der Waals surface area contributed by atoms with E-state index in [2.05, 4.69) is 15.0 Å². The van der Waals surface area contributed by atoms with Gasteiger partial charge < -0.3 is 9.97 Å². The van der Waals surface area contributed by atoms with Crippen LogP contribution in [0.1, 0.15) is 1.43 Å². The van der Waals surface area contributed by atoms with Gasteiger partial charge in [-0.2, -0.15) is 0 Å². The molecule has 0 amide bonds. The van der Waals surface area contributed by atoms with Gasteiger partial charge in [0.1, 0.15) is 0 Å². The first-order valence-corrected chi connectivity index (χ1v) is 2.88. The lowest BCUT2D eigenvalue weighted by Gasteiger charge is -1.81. The lowest BCUT2D eigenvalue weighted by atomic mass is 10.4. The van der Waals surface area contributed by atoms with Crippen molar-refractivity contribution < 1.29 is 1.43 Å². The van der Waals surface area contributed by atoms with Crippen LogP contribution in [0.4, 0.5) is 0 Å². The molecule has 4 heteroatoms. The molecule has 0 saturated heterocycles. The zero-order chi connectivity index (χ0) is 6.97. The fourth-order valence-electron chi connectivity index (χ4n) is 0.879. The lowest BCUT2D eigenvalue weighted by Crippen LogP contribution is -1.99. The van der Waals surface area contributed by atoms with E-state index in [0.29, 0.717) is 0 Å². The highest BCUT2D eigenvalue weighted by Crippen LogP contribution is 2.00. The van der Waals surface area contributed by atoms with Crippen molar-refractivity contribution >= 4 is 11.0 Å². The molecule has 0 unspecified atom stereocenters. The number of imidazole rings is 1. The number of H-pyrrole nitrogens is 2. The normalized spacial score (nSPS) is 10.4. The van der Waals surface area contributed by atoms with Crippen molar-refractivity contribution in [2.24, 2.45) is 0 Å². The summed E-state index contributed by atoms with van der Waals surface area (Å²) in [4.78, 5) is 19.7. The maximum absolute atomic E-state index is 10.6. The molecule has 2 rings (SSSR count). The number of nitrogens with zero attached hydrogens (tertiary/aromatic N) is 1. The van der Waals surface area contributed by atoms with E-state index in [0.717, 1.165) is 11.0 Å². The minimum Gasteiger partial charge on any atom is -0.306 e. The quantitative estimate of drug-likeness (QED) is 0.555. The van der Waals surface area contributed by atoms with Crippen molar-refractivity contribution in [3.8, 4) is 0 Å².